The summed E-state index contributed by atoms with van der Waals surface area (Å²) in [6.07, 6.45) is -7.70. The van der Waals surface area contributed by atoms with E-state index in [1.807, 2.05) is 0 Å². The zero-order valence-corrected chi connectivity index (χ0v) is 21.5. The number of hydrogen-bond donors (Lipinski definition) is 10. The molecule has 16 heteroatoms. The van der Waals surface area contributed by atoms with Crippen LogP contribution in [0.3, 0.4) is 0 Å². The van der Waals surface area contributed by atoms with E-state index >= 15 is 0 Å². The van der Waals surface area contributed by atoms with Crippen LogP contribution in [0.4, 0.5) is 0 Å². The molecule has 0 radical (unpaired) electrons. The smallest absolute Gasteiger partial charge is 0.159 e. The van der Waals surface area contributed by atoms with Gasteiger partial charge in [-0.3, -0.25) is 9.98 Å². The van der Waals surface area contributed by atoms with Crippen LogP contribution in [0.5, 0.6) is 0 Å². The molecule has 14 nitrogen and oxygen atoms in total. The van der Waals surface area contributed by atoms with E-state index in [2.05, 4.69) is 20.6 Å². The quantitative estimate of drug-likeness (QED) is 0.149. The molecule has 12 atom stereocenters. The molecular weight excluding hydrogens is 520 g/mol. The summed E-state index contributed by atoms with van der Waals surface area (Å²) < 4.78 is 11.1. The highest BCUT2D eigenvalue weighted by Gasteiger charge is 2.51. The van der Waals surface area contributed by atoms with Crippen molar-refractivity contribution in [2.24, 2.45) is 9.98 Å². The van der Waals surface area contributed by atoms with Crippen LogP contribution in [-0.4, -0.2) is 149 Å². The van der Waals surface area contributed by atoms with E-state index in [1.54, 1.807) is 0 Å². The molecule has 10 N–H and O–H groups in total. The maximum atomic E-state index is 9.99. The molecule has 0 saturated carbocycles. The number of rotatable bonds is 6. The number of amidine groups is 2. The Balaban J connectivity index is 0.000000201. The zero-order chi connectivity index (χ0) is 26.6. The molecule has 4 aliphatic heterocycles. The van der Waals surface area contributed by atoms with Gasteiger partial charge in [0, 0.05) is 0 Å². The summed E-state index contributed by atoms with van der Waals surface area (Å²) in [5.41, 5.74) is -0.805. The summed E-state index contributed by atoms with van der Waals surface area (Å²) in [7, 11) is 0. The molecule has 208 valence electrons. The molecule has 0 amide bonds. The van der Waals surface area contributed by atoms with Gasteiger partial charge in [0.1, 0.15) is 47.5 Å². The first-order valence-electron chi connectivity index (χ1n) is 11.6. The molecule has 0 aliphatic carbocycles. The Labute approximate surface area is 216 Å². The Kier molecular flexibility index (Phi) is 11.0. The van der Waals surface area contributed by atoms with Crippen molar-refractivity contribution in [3.8, 4) is 0 Å². The van der Waals surface area contributed by atoms with Gasteiger partial charge in [-0.15, -0.1) is 0 Å². The average molecular weight is 557 g/mol. The Morgan fingerprint density at radius 2 is 1.08 bits per heavy atom. The lowest BCUT2D eigenvalue weighted by atomic mass is 9.95. The van der Waals surface area contributed by atoms with Crippen LogP contribution in [-0.2, 0) is 9.47 Å². The lowest BCUT2D eigenvalue weighted by molar-refractivity contribution is -0.184. The number of aliphatic hydroxyl groups is 8. The number of hydrogen-bond acceptors (Lipinski definition) is 14. The number of ether oxygens (including phenoxy) is 2. The molecule has 0 unspecified atom stereocenters. The van der Waals surface area contributed by atoms with Crippen molar-refractivity contribution in [3.05, 3.63) is 0 Å². The fraction of sp³-hybridized carbons (Fsp3) is 0.900. The molecule has 4 rings (SSSR count). The Bertz CT molecular complexity index is 717. The number of aliphatic hydroxyl groups excluding tert-OH is 8. The van der Waals surface area contributed by atoms with E-state index in [4.69, 9.17) is 19.7 Å². The summed E-state index contributed by atoms with van der Waals surface area (Å²) in [5, 5.41) is 83.1. The number of nitrogens with one attached hydrogen (secondary N) is 2. The SMILES string of the molecule is C[C@@H](O)[C@H]1O[C@@H]2SC(=NCCO)N[C@@H]2[C@@H](O)[C@@H]1O.C[C@H](O)[C@H]1O[C@@H]2SC(=NCCO)N[C@@H]2[C@@H](O)[C@@H]1O. The molecule has 36 heavy (non-hydrogen) atoms. The van der Waals surface area contributed by atoms with Gasteiger partial charge in [0.15, 0.2) is 10.3 Å². The van der Waals surface area contributed by atoms with Gasteiger partial charge < -0.3 is 61.0 Å². The Morgan fingerprint density at radius 1 is 0.722 bits per heavy atom. The van der Waals surface area contributed by atoms with Crippen molar-refractivity contribution in [1.82, 2.24) is 10.6 Å². The first kappa shape index (κ1) is 29.8. The highest BCUT2D eigenvalue weighted by Crippen LogP contribution is 2.35. The Morgan fingerprint density at radius 3 is 1.39 bits per heavy atom. The third-order valence-electron chi connectivity index (χ3n) is 5.98. The van der Waals surface area contributed by atoms with Gasteiger partial charge in [0.2, 0.25) is 0 Å². The van der Waals surface area contributed by atoms with Gasteiger partial charge in [0.05, 0.1) is 50.6 Å². The van der Waals surface area contributed by atoms with Gasteiger partial charge >= 0.3 is 0 Å². The predicted molar refractivity (Wildman–Crippen MR) is 133 cm³/mol. The highest BCUT2D eigenvalue weighted by molar-refractivity contribution is 8.14. The summed E-state index contributed by atoms with van der Waals surface area (Å²) in [4.78, 5) is 8.16. The molecule has 0 spiro atoms. The van der Waals surface area contributed by atoms with Gasteiger partial charge in [-0.25, -0.2) is 0 Å². The zero-order valence-electron chi connectivity index (χ0n) is 19.9. The van der Waals surface area contributed by atoms with Gasteiger partial charge in [-0.2, -0.15) is 0 Å². The van der Waals surface area contributed by atoms with Crippen molar-refractivity contribution < 1.29 is 50.3 Å². The minimum atomic E-state index is -1.14. The molecule has 0 aromatic rings. The van der Waals surface area contributed by atoms with Gasteiger partial charge in [0.25, 0.3) is 0 Å². The summed E-state index contributed by atoms with van der Waals surface area (Å²) in [6, 6.07) is -0.921. The van der Waals surface area contributed by atoms with Crippen molar-refractivity contribution >= 4 is 33.9 Å². The average Bonchev–Trinajstić information content (AvgIpc) is 3.45. The predicted octanol–water partition coefficient (Wildman–Crippen LogP) is -4.27. The molecule has 4 aliphatic rings. The highest BCUT2D eigenvalue weighted by atomic mass is 32.2. The van der Waals surface area contributed by atoms with Crippen molar-refractivity contribution in [1.29, 1.82) is 0 Å². The standard InChI is InChI=1S/2C10H18N2O5S/c2*1-4(14)8-7(16)6(15)5-9(17-8)18-10(12-5)11-2-3-13/h2*4-9,13-16H,2-3H2,1H3,(H,11,12)/t4-,5+,6+,7-,8+,9+;4-,5-,6-,7+,8-,9-/m01/s1. The maximum absolute atomic E-state index is 9.99. The second-order valence-corrected chi connectivity index (χ2v) is 11.0. The molecule has 0 aromatic heterocycles. The summed E-state index contributed by atoms with van der Waals surface area (Å²) in [5.74, 6) is 0. The molecule has 4 heterocycles. The number of nitrogens with zero attached hydrogens (tertiary/aromatic N) is 2. The van der Waals surface area contributed by atoms with Crippen molar-refractivity contribution in [3.63, 3.8) is 0 Å². The summed E-state index contributed by atoms with van der Waals surface area (Å²) >= 11 is 2.57. The monoisotopic (exact) mass is 556 g/mol. The van der Waals surface area contributed by atoms with Crippen LogP contribution in [0.15, 0.2) is 9.98 Å². The third kappa shape index (κ3) is 6.81. The van der Waals surface area contributed by atoms with Crippen molar-refractivity contribution in [2.45, 2.75) is 85.6 Å². The Hall–Kier alpha value is -0.760. The molecule has 4 fully saturated rings. The fourth-order valence-corrected chi connectivity index (χ4v) is 6.42. The van der Waals surface area contributed by atoms with E-state index in [0.717, 1.165) is 0 Å². The molecule has 0 aromatic carbocycles. The first-order chi connectivity index (χ1) is 17.1. The van der Waals surface area contributed by atoms with E-state index < -0.39 is 71.8 Å². The van der Waals surface area contributed by atoms with Crippen LogP contribution in [0.25, 0.3) is 0 Å². The van der Waals surface area contributed by atoms with Crippen molar-refractivity contribution in [2.75, 3.05) is 26.3 Å². The first-order valence-corrected chi connectivity index (χ1v) is 13.4. The summed E-state index contributed by atoms with van der Waals surface area (Å²) in [6.45, 7) is 3.46. The number of thioether (sulfide) groups is 2. The number of fused-ring (bicyclic) bond motifs is 2. The van der Waals surface area contributed by atoms with Crippen LogP contribution < -0.4 is 10.6 Å². The van der Waals surface area contributed by atoms with E-state index in [1.165, 1.54) is 37.4 Å². The van der Waals surface area contributed by atoms with E-state index in [9.17, 15) is 30.6 Å². The van der Waals surface area contributed by atoms with Crippen LogP contribution in [0.1, 0.15) is 13.8 Å². The second-order valence-electron chi connectivity index (χ2n) is 8.78. The van der Waals surface area contributed by atoms with Crippen LogP contribution >= 0.6 is 23.5 Å². The largest absolute Gasteiger partial charge is 0.394 e. The number of aliphatic imine (C=N–C) groups is 2. The lowest BCUT2D eigenvalue weighted by Gasteiger charge is -2.40. The van der Waals surface area contributed by atoms with E-state index in [0.29, 0.717) is 10.3 Å². The minimum absolute atomic E-state index is 0.0522. The van der Waals surface area contributed by atoms with Crippen LogP contribution in [0.2, 0.25) is 0 Å². The van der Waals surface area contributed by atoms with Gasteiger partial charge in [-0.05, 0) is 13.8 Å². The van der Waals surface area contributed by atoms with Crippen LogP contribution in [0, 0.1) is 0 Å². The fourth-order valence-electron chi connectivity index (χ4n) is 4.12. The second kappa shape index (κ2) is 13.3. The molecular formula is C20H36N4O10S2. The maximum Gasteiger partial charge on any atom is 0.159 e. The van der Waals surface area contributed by atoms with Gasteiger partial charge in [-0.1, -0.05) is 23.5 Å². The lowest BCUT2D eigenvalue weighted by Crippen LogP contribution is -2.61. The third-order valence-corrected chi connectivity index (χ3v) is 8.19. The molecule has 4 saturated heterocycles. The minimum Gasteiger partial charge on any atom is -0.394 e. The van der Waals surface area contributed by atoms with E-state index in [-0.39, 0.29) is 26.3 Å². The molecule has 0 bridgehead atoms. The topological polar surface area (TPSA) is 229 Å². The normalized spacial score (nSPS) is 43.6.